The topological polar surface area (TPSA) is 114 Å². The Hall–Kier alpha value is -4.33. The zero-order valence-corrected chi connectivity index (χ0v) is 19.4. The average molecular weight is 475 g/mol. The maximum absolute atomic E-state index is 12.6. The third kappa shape index (κ3) is 4.96. The van der Waals surface area contributed by atoms with Gasteiger partial charge < -0.3 is 25.2 Å². The number of hydrogen-bond acceptors (Lipinski definition) is 5. The number of aliphatic carboxylic acids is 1. The molecule has 0 bridgehead atoms. The molecular formula is C27H26N2O6. The molecule has 2 amide bonds. The molecule has 3 aromatic carbocycles. The van der Waals surface area contributed by atoms with Gasteiger partial charge in [0, 0.05) is 19.4 Å². The van der Waals surface area contributed by atoms with Gasteiger partial charge in [0.05, 0.1) is 12.7 Å². The first-order chi connectivity index (χ1) is 16.9. The fraction of sp³-hybridized carbons (Fsp3) is 0.222. The molecule has 4 rings (SSSR count). The van der Waals surface area contributed by atoms with Crippen molar-refractivity contribution in [3.8, 4) is 16.9 Å². The van der Waals surface area contributed by atoms with Crippen molar-refractivity contribution in [2.24, 2.45) is 0 Å². The number of carboxylic acid groups (broad SMARTS) is 1. The van der Waals surface area contributed by atoms with Crippen LogP contribution in [0.2, 0.25) is 0 Å². The van der Waals surface area contributed by atoms with E-state index in [4.69, 9.17) is 9.47 Å². The molecule has 0 radical (unpaired) electrons. The van der Waals surface area contributed by atoms with Crippen LogP contribution >= 0.6 is 0 Å². The van der Waals surface area contributed by atoms with Gasteiger partial charge in [-0.1, -0.05) is 54.6 Å². The number of carboxylic acids is 1. The molecule has 0 fully saturated rings. The van der Waals surface area contributed by atoms with Crippen molar-refractivity contribution in [2.75, 3.05) is 20.8 Å². The second-order valence-electron chi connectivity index (χ2n) is 8.18. The van der Waals surface area contributed by atoms with E-state index in [9.17, 15) is 19.5 Å². The molecule has 0 spiro atoms. The monoisotopic (exact) mass is 474 g/mol. The summed E-state index contributed by atoms with van der Waals surface area (Å²) < 4.78 is 10.7. The largest absolute Gasteiger partial charge is 0.496 e. The quantitative estimate of drug-likeness (QED) is 0.460. The summed E-state index contributed by atoms with van der Waals surface area (Å²) >= 11 is 0. The van der Waals surface area contributed by atoms with E-state index in [0.29, 0.717) is 11.3 Å². The Labute approximate surface area is 202 Å². The molecule has 35 heavy (non-hydrogen) atoms. The Kier molecular flexibility index (Phi) is 7.01. The first kappa shape index (κ1) is 23.8. The number of ether oxygens (including phenoxy) is 2. The third-order valence-corrected chi connectivity index (χ3v) is 6.11. The summed E-state index contributed by atoms with van der Waals surface area (Å²) in [5.41, 5.74) is 5.17. The molecule has 0 aromatic heterocycles. The lowest BCUT2D eigenvalue weighted by molar-refractivity contribution is -0.139. The number of benzene rings is 3. The van der Waals surface area contributed by atoms with Crippen molar-refractivity contribution in [3.05, 3.63) is 89.0 Å². The highest BCUT2D eigenvalue weighted by Crippen LogP contribution is 2.44. The molecule has 0 saturated carbocycles. The van der Waals surface area contributed by atoms with Gasteiger partial charge in [0.1, 0.15) is 18.4 Å². The van der Waals surface area contributed by atoms with Crippen molar-refractivity contribution in [2.45, 2.75) is 18.4 Å². The van der Waals surface area contributed by atoms with Gasteiger partial charge in [-0.15, -0.1) is 0 Å². The molecule has 3 N–H and O–H groups in total. The molecule has 0 saturated heterocycles. The highest BCUT2D eigenvalue weighted by atomic mass is 16.5. The number of carbonyl (C=O) groups excluding carboxylic acids is 2. The van der Waals surface area contributed by atoms with Crippen LogP contribution in [-0.2, 0) is 16.0 Å². The SMILES string of the molecule is CNC(=O)c1cc(CC(NC(=O)OCC2c3ccccc3-c3ccccc32)C(=O)O)ccc1OC. The molecule has 3 aromatic rings. The normalized spacial score (nSPS) is 12.7. The highest BCUT2D eigenvalue weighted by Gasteiger charge is 2.30. The van der Waals surface area contributed by atoms with Gasteiger partial charge in [-0.25, -0.2) is 9.59 Å². The zero-order chi connectivity index (χ0) is 24.9. The molecule has 1 aliphatic rings. The van der Waals surface area contributed by atoms with Crippen LogP contribution in [0.15, 0.2) is 66.7 Å². The van der Waals surface area contributed by atoms with Gasteiger partial charge in [0.25, 0.3) is 5.91 Å². The van der Waals surface area contributed by atoms with Gasteiger partial charge in [0.2, 0.25) is 0 Å². The minimum absolute atomic E-state index is 0.0342. The fourth-order valence-corrected chi connectivity index (χ4v) is 4.41. The Bertz CT molecular complexity index is 1230. The summed E-state index contributed by atoms with van der Waals surface area (Å²) in [5.74, 6) is -1.34. The van der Waals surface area contributed by atoms with Crippen molar-refractivity contribution < 1.29 is 29.0 Å². The van der Waals surface area contributed by atoms with E-state index < -0.39 is 18.1 Å². The number of alkyl carbamates (subject to hydrolysis) is 1. The van der Waals surface area contributed by atoms with Crippen LogP contribution in [0.5, 0.6) is 5.75 Å². The van der Waals surface area contributed by atoms with E-state index in [1.807, 2.05) is 48.5 Å². The highest BCUT2D eigenvalue weighted by molar-refractivity contribution is 5.97. The molecule has 1 unspecified atom stereocenters. The summed E-state index contributed by atoms with van der Waals surface area (Å²) in [6.07, 6.45) is -0.854. The Morgan fingerprint density at radius 1 is 0.971 bits per heavy atom. The molecule has 0 aliphatic heterocycles. The van der Waals surface area contributed by atoms with Gasteiger partial charge in [-0.05, 0) is 39.9 Å². The molecule has 8 heteroatoms. The van der Waals surface area contributed by atoms with Crippen LogP contribution in [0, 0.1) is 0 Å². The standard InChI is InChI=1S/C27H26N2O6/c1-28-25(30)21-13-16(11-12-24(21)34-2)14-23(26(31)32)29-27(33)35-15-22-19-9-5-3-7-17(19)18-8-4-6-10-20(18)22/h3-13,22-23H,14-15H2,1-2H3,(H,28,30)(H,29,33)(H,31,32). The molecule has 0 heterocycles. The van der Waals surface area contributed by atoms with E-state index in [-0.39, 0.29) is 30.4 Å². The molecule has 8 nitrogen and oxygen atoms in total. The first-order valence-electron chi connectivity index (χ1n) is 11.2. The fourth-order valence-electron chi connectivity index (χ4n) is 4.41. The van der Waals surface area contributed by atoms with Crippen LogP contribution < -0.4 is 15.4 Å². The Balaban J connectivity index is 1.44. The molecule has 1 atom stereocenters. The predicted octanol–water partition coefficient (Wildman–Crippen LogP) is 3.59. The lowest BCUT2D eigenvalue weighted by Crippen LogP contribution is -2.43. The summed E-state index contributed by atoms with van der Waals surface area (Å²) in [4.78, 5) is 36.6. The lowest BCUT2D eigenvalue weighted by atomic mass is 9.98. The second-order valence-corrected chi connectivity index (χ2v) is 8.18. The van der Waals surface area contributed by atoms with Gasteiger partial charge in [-0.2, -0.15) is 0 Å². The van der Waals surface area contributed by atoms with E-state index in [0.717, 1.165) is 22.3 Å². The molecule has 1 aliphatic carbocycles. The molecule has 180 valence electrons. The average Bonchev–Trinajstić information content (AvgIpc) is 3.20. The summed E-state index contributed by atoms with van der Waals surface area (Å²) in [6.45, 7) is 0.0789. The number of nitrogens with one attached hydrogen (secondary N) is 2. The second kappa shape index (κ2) is 10.3. The van der Waals surface area contributed by atoms with E-state index in [1.165, 1.54) is 14.2 Å². The van der Waals surface area contributed by atoms with Gasteiger partial charge in [-0.3, -0.25) is 4.79 Å². The van der Waals surface area contributed by atoms with E-state index >= 15 is 0 Å². The number of amides is 2. The van der Waals surface area contributed by atoms with Gasteiger partial charge in [0.15, 0.2) is 0 Å². The zero-order valence-electron chi connectivity index (χ0n) is 19.4. The predicted molar refractivity (Wildman–Crippen MR) is 130 cm³/mol. The van der Waals surface area contributed by atoms with E-state index in [1.54, 1.807) is 18.2 Å². The number of rotatable bonds is 8. The third-order valence-electron chi connectivity index (χ3n) is 6.11. The summed E-state index contributed by atoms with van der Waals surface area (Å²) in [5, 5.41) is 14.6. The van der Waals surface area contributed by atoms with Crippen molar-refractivity contribution in [1.82, 2.24) is 10.6 Å². The van der Waals surface area contributed by atoms with Crippen LogP contribution in [-0.4, -0.2) is 49.9 Å². The maximum atomic E-state index is 12.6. The number of hydrogen-bond donors (Lipinski definition) is 3. The van der Waals surface area contributed by atoms with Crippen LogP contribution in [0.1, 0.15) is 33.0 Å². The van der Waals surface area contributed by atoms with E-state index in [2.05, 4.69) is 10.6 Å². The van der Waals surface area contributed by atoms with Crippen molar-refractivity contribution >= 4 is 18.0 Å². The van der Waals surface area contributed by atoms with Crippen molar-refractivity contribution in [1.29, 1.82) is 0 Å². The lowest BCUT2D eigenvalue weighted by Gasteiger charge is -2.18. The number of methoxy groups -OCH3 is 1. The Morgan fingerprint density at radius 3 is 2.17 bits per heavy atom. The van der Waals surface area contributed by atoms with Crippen LogP contribution in [0.3, 0.4) is 0 Å². The van der Waals surface area contributed by atoms with Crippen LogP contribution in [0.25, 0.3) is 11.1 Å². The summed E-state index contributed by atoms with van der Waals surface area (Å²) in [6, 6.07) is 19.5. The summed E-state index contributed by atoms with van der Waals surface area (Å²) in [7, 11) is 2.94. The maximum Gasteiger partial charge on any atom is 0.407 e. The minimum atomic E-state index is -1.24. The molecular weight excluding hydrogens is 448 g/mol. The van der Waals surface area contributed by atoms with Crippen LogP contribution in [0.4, 0.5) is 4.79 Å². The van der Waals surface area contributed by atoms with Crippen molar-refractivity contribution in [3.63, 3.8) is 0 Å². The minimum Gasteiger partial charge on any atom is -0.496 e. The first-order valence-corrected chi connectivity index (χ1v) is 11.2. The number of carbonyl (C=O) groups is 3. The Morgan fingerprint density at radius 2 is 1.60 bits per heavy atom. The number of fused-ring (bicyclic) bond motifs is 3. The smallest absolute Gasteiger partial charge is 0.407 e. The van der Waals surface area contributed by atoms with Gasteiger partial charge >= 0.3 is 12.1 Å².